The fourth-order valence-electron chi connectivity index (χ4n) is 3.60. The maximum Gasteiger partial charge on any atom is 0.323 e. The molecule has 0 radical (unpaired) electrons. The SMILES string of the molecule is Cc1nc2[nH]cc(CCc3ccc(C(=O)N(CC(=O)O)c4ccc([N+](=O)[O-])cc4)s3)c2c(=O)[nH]1. The first-order chi connectivity index (χ1) is 16.2. The molecule has 0 atom stereocenters. The topological polar surface area (TPSA) is 162 Å². The van der Waals surface area contributed by atoms with Gasteiger partial charge in [0.15, 0.2) is 0 Å². The molecule has 1 aromatic carbocycles. The number of nitrogens with zero attached hydrogens (tertiary/aromatic N) is 3. The third kappa shape index (κ3) is 4.71. The number of thiophene rings is 1. The molecular formula is C22H19N5O6S. The highest BCUT2D eigenvalue weighted by Crippen LogP contribution is 2.25. The molecule has 0 spiro atoms. The van der Waals surface area contributed by atoms with E-state index in [1.807, 2.05) is 0 Å². The summed E-state index contributed by atoms with van der Waals surface area (Å²) >= 11 is 1.23. The highest BCUT2D eigenvalue weighted by molar-refractivity contribution is 7.14. The summed E-state index contributed by atoms with van der Waals surface area (Å²) in [5.41, 5.74) is 1.20. The first kappa shape index (κ1) is 22.9. The number of carbonyl (C=O) groups excluding carboxylic acids is 1. The number of hydrogen-bond donors (Lipinski definition) is 3. The third-order valence-corrected chi connectivity index (χ3v) is 6.30. The Balaban J connectivity index is 1.52. The van der Waals surface area contributed by atoms with Gasteiger partial charge < -0.3 is 15.1 Å². The van der Waals surface area contributed by atoms with Crippen molar-refractivity contribution in [3.63, 3.8) is 0 Å². The number of H-pyrrole nitrogens is 2. The van der Waals surface area contributed by atoms with Gasteiger partial charge in [0, 0.05) is 28.9 Å². The Kier molecular flexibility index (Phi) is 6.23. The number of nitro groups is 1. The predicted molar refractivity (Wildman–Crippen MR) is 126 cm³/mol. The molecule has 4 rings (SSSR count). The van der Waals surface area contributed by atoms with Crippen LogP contribution in [0.15, 0.2) is 47.4 Å². The molecular weight excluding hydrogens is 462 g/mol. The van der Waals surface area contributed by atoms with E-state index < -0.39 is 23.3 Å². The molecule has 3 heterocycles. The van der Waals surface area contributed by atoms with E-state index in [2.05, 4.69) is 15.0 Å². The molecule has 0 aliphatic heterocycles. The van der Waals surface area contributed by atoms with Gasteiger partial charge in [0.25, 0.3) is 17.2 Å². The number of carboxylic acid groups (broad SMARTS) is 1. The summed E-state index contributed by atoms with van der Waals surface area (Å²) < 4.78 is 0. The molecule has 0 bridgehead atoms. The lowest BCUT2D eigenvalue weighted by Crippen LogP contribution is -2.35. The second-order valence-corrected chi connectivity index (χ2v) is 8.68. The Labute approximate surface area is 195 Å². The lowest BCUT2D eigenvalue weighted by atomic mass is 10.1. The summed E-state index contributed by atoms with van der Waals surface area (Å²) in [6.45, 7) is 1.12. The first-order valence-electron chi connectivity index (χ1n) is 10.2. The quantitative estimate of drug-likeness (QED) is 0.257. The molecule has 0 saturated heterocycles. The Morgan fingerprint density at radius 3 is 2.59 bits per heavy atom. The van der Waals surface area contributed by atoms with Crippen molar-refractivity contribution >= 4 is 45.6 Å². The Bertz CT molecular complexity index is 1450. The lowest BCUT2D eigenvalue weighted by Gasteiger charge is -2.20. The number of rotatable bonds is 8. The number of aryl methyl sites for hydroxylation is 3. The largest absolute Gasteiger partial charge is 0.480 e. The Morgan fingerprint density at radius 1 is 1.18 bits per heavy atom. The second kappa shape index (κ2) is 9.27. The van der Waals surface area contributed by atoms with E-state index in [1.54, 1.807) is 25.3 Å². The number of nitrogens with one attached hydrogen (secondary N) is 2. The van der Waals surface area contributed by atoms with E-state index in [4.69, 9.17) is 0 Å². The van der Waals surface area contributed by atoms with Crippen LogP contribution in [-0.4, -0.2) is 43.4 Å². The number of benzene rings is 1. The Morgan fingerprint density at radius 2 is 1.91 bits per heavy atom. The van der Waals surface area contributed by atoms with Gasteiger partial charge in [-0.05, 0) is 49.6 Å². The summed E-state index contributed by atoms with van der Waals surface area (Å²) in [7, 11) is 0. The number of aromatic nitrogens is 3. The van der Waals surface area contributed by atoms with Crippen molar-refractivity contribution in [2.24, 2.45) is 0 Å². The monoisotopic (exact) mass is 481 g/mol. The predicted octanol–water partition coefficient (Wildman–Crippen LogP) is 3.05. The smallest absolute Gasteiger partial charge is 0.323 e. The number of hydrogen-bond acceptors (Lipinski definition) is 7. The van der Waals surface area contributed by atoms with Crippen molar-refractivity contribution in [2.75, 3.05) is 11.4 Å². The van der Waals surface area contributed by atoms with E-state index in [0.29, 0.717) is 34.6 Å². The van der Waals surface area contributed by atoms with Crippen LogP contribution >= 0.6 is 11.3 Å². The molecule has 11 nitrogen and oxygen atoms in total. The van der Waals surface area contributed by atoms with Crippen LogP contribution in [0.4, 0.5) is 11.4 Å². The van der Waals surface area contributed by atoms with Crippen LogP contribution in [0.1, 0.15) is 25.9 Å². The fourth-order valence-corrected chi connectivity index (χ4v) is 4.56. The molecule has 0 fully saturated rings. The minimum atomic E-state index is -1.21. The zero-order valence-corrected chi connectivity index (χ0v) is 18.7. The van der Waals surface area contributed by atoms with Crippen LogP contribution in [0, 0.1) is 17.0 Å². The number of amides is 1. The van der Waals surface area contributed by atoms with Gasteiger partial charge in [-0.15, -0.1) is 11.3 Å². The highest BCUT2D eigenvalue weighted by Gasteiger charge is 2.23. The summed E-state index contributed by atoms with van der Waals surface area (Å²) in [5.74, 6) is -1.21. The molecule has 0 aliphatic carbocycles. The van der Waals surface area contributed by atoms with Crippen LogP contribution in [0.5, 0.6) is 0 Å². The molecule has 0 aliphatic rings. The normalized spacial score (nSPS) is 11.0. The van der Waals surface area contributed by atoms with Crippen molar-refractivity contribution in [1.82, 2.24) is 15.0 Å². The number of nitro benzene ring substituents is 1. The van der Waals surface area contributed by atoms with Gasteiger partial charge >= 0.3 is 5.97 Å². The van der Waals surface area contributed by atoms with Gasteiger partial charge in [0.2, 0.25) is 0 Å². The number of aliphatic carboxylic acids is 1. The molecule has 0 saturated carbocycles. The molecule has 1 amide bonds. The second-order valence-electron chi connectivity index (χ2n) is 7.51. The number of anilines is 1. The highest BCUT2D eigenvalue weighted by atomic mass is 32.1. The molecule has 174 valence electrons. The molecule has 0 unspecified atom stereocenters. The Hall–Kier alpha value is -4.32. The summed E-state index contributed by atoms with van der Waals surface area (Å²) in [6, 6.07) is 8.53. The van der Waals surface area contributed by atoms with Crippen LogP contribution < -0.4 is 10.5 Å². The average Bonchev–Trinajstić information content (AvgIpc) is 3.42. The van der Waals surface area contributed by atoms with Crippen LogP contribution in [0.25, 0.3) is 11.0 Å². The van der Waals surface area contributed by atoms with E-state index in [1.165, 1.54) is 35.6 Å². The van der Waals surface area contributed by atoms with E-state index in [-0.39, 0.29) is 16.9 Å². The van der Waals surface area contributed by atoms with Gasteiger partial charge in [-0.2, -0.15) is 0 Å². The third-order valence-electron chi connectivity index (χ3n) is 5.17. The van der Waals surface area contributed by atoms with Gasteiger partial charge in [0.05, 0.1) is 15.2 Å². The zero-order chi connectivity index (χ0) is 24.4. The minimum Gasteiger partial charge on any atom is -0.480 e. The van der Waals surface area contributed by atoms with Crippen molar-refractivity contribution in [1.29, 1.82) is 0 Å². The molecule has 4 aromatic rings. The van der Waals surface area contributed by atoms with Crippen LogP contribution in [-0.2, 0) is 17.6 Å². The van der Waals surface area contributed by atoms with Crippen LogP contribution in [0.2, 0.25) is 0 Å². The maximum absolute atomic E-state index is 13.1. The number of carbonyl (C=O) groups is 2. The van der Waals surface area contributed by atoms with Crippen molar-refractivity contribution in [3.8, 4) is 0 Å². The van der Waals surface area contributed by atoms with Gasteiger partial charge in [-0.1, -0.05) is 0 Å². The minimum absolute atomic E-state index is 0.161. The molecule has 3 aromatic heterocycles. The van der Waals surface area contributed by atoms with Crippen molar-refractivity contribution in [3.05, 3.63) is 84.2 Å². The van der Waals surface area contributed by atoms with Gasteiger partial charge in [-0.3, -0.25) is 29.4 Å². The van der Waals surface area contributed by atoms with Gasteiger partial charge in [-0.25, -0.2) is 4.98 Å². The number of carboxylic acids is 1. The average molecular weight is 481 g/mol. The standard InChI is InChI=1S/C22H19N5O6S/c1-12-24-20-19(21(30)25-12)13(10-23-20)2-7-16-8-9-17(34-16)22(31)26(11-18(28)29)14-3-5-15(6-4-14)27(32)33/h3-6,8-10H,2,7,11H2,1H3,(H,28,29)(H2,23,24,25,30). The summed E-state index contributed by atoms with van der Waals surface area (Å²) in [5, 5.41) is 20.7. The van der Waals surface area contributed by atoms with Crippen molar-refractivity contribution < 1.29 is 19.6 Å². The molecule has 34 heavy (non-hydrogen) atoms. The summed E-state index contributed by atoms with van der Waals surface area (Å²) in [6.07, 6.45) is 2.85. The van der Waals surface area contributed by atoms with E-state index in [0.717, 1.165) is 15.3 Å². The van der Waals surface area contributed by atoms with Gasteiger partial charge in [0.1, 0.15) is 18.0 Å². The van der Waals surface area contributed by atoms with E-state index in [9.17, 15) is 29.6 Å². The molecule has 12 heteroatoms. The van der Waals surface area contributed by atoms with E-state index >= 15 is 0 Å². The molecule has 3 N–H and O–H groups in total. The fraction of sp³-hybridized carbons (Fsp3) is 0.182. The van der Waals surface area contributed by atoms with Crippen molar-refractivity contribution in [2.45, 2.75) is 19.8 Å². The number of non-ortho nitro benzene ring substituents is 1. The zero-order valence-electron chi connectivity index (χ0n) is 17.9. The number of fused-ring (bicyclic) bond motifs is 1. The summed E-state index contributed by atoms with van der Waals surface area (Å²) in [4.78, 5) is 59.3. The van der Waals surface area contributed by atoms with Crippen LogP contribution in [0.3, 0.4) is 0 Å². The first-order valence-corrected chi connectivity index (χ1v) is 11.0. The maximum atomic E-state index is 13.1. The lowest BCUT2D eigenvalue weighted by molar-refractivity contribution is -0.384. The number of aromatic amines is 2.